The molecule has 0 aromatic carbocycles. The third kappa shape index (κ3) is 2.30. The number of likely N-dealkylation sites (tertiary alicyclic amines) is 1. The van der Waals surface area contributed by atoms with Crippen LogP contribution < -0.4 is 0 Å². The summed E-state index contributed by atoms with van der Waals surface area (Å²) in [7, 11) is 0. The lowest BCUT2D eigenvalue weighted by Gasteiger charge is -2.22. The molecule has 132 valence electrons. The van der Waals surface area contributed by atoms with Crippen LogP contribution in [0.4, 0.5) is 0 Å². The van der Waals surface area contributed by atoms with Crippen LogP contribution in [0.3, 0.4) is 0 Å². The molecule has 0 bridgehead atoms. The number of carbonyl (C=O) groups is 1. The summed E-state index contributed by atoms with van der Waals surface area (Å²) < 4.78 is 2.34. The van der Waals surface area contributed by atoms with E-state index in [1.807, 2.05) is 18.0 Å². The molecule has 26 heavy (non-hydrogen) atoms. The molecule has 0 N–H and O–H groups in total. The molecule has 1 atom stereocenters. The second kappa shape index (κ2) is 5.74. The van der Waals surface area contributed by atoms with Gasteiger partial charge >= 0.3 is 0 Å². The first-order valence-electron chi connectivity index (χ1n) is 8.84. The molecule has 1 saturated heterocycles. The SMILES string of the molecule is Cc1cnc(C(=O)N2CCC3(CCn4c(-c5cccs5)cnc43)C2)cn1. The highest BCUT2D eigenvalue weighted by atomic mass is 32.1. The number of imidazole rings is 1. The van der Waals surface area contributed by atoms with Gasteiger partial charge in [0.1, 0.15) is 11.5 Å². The monoisotopic (exact) mass is 365 g/mol. The summed E-state index contributed by atoms with van der Waals surface area (Å²) in [5.74, 6) is 1.10. The molecule has 5 rings (SSSR count). The summed E-state index contributed by atoms with van der Waals surface area (Å²) >= 11 is 1.74. The number of fused-ring (bicyclic) bond motifs is 2. The Morgan fingerprint density at radius 3 is 2.81 bits per heavy atom. The predicted molar refractivity (Wildman–Crippen MR) is 99.1 cm³/mol. The highest BCUT2D eigenvalue weighted by molar-refractivity contribution is 7.13. The van der Waals surface area contributed by atoms with Crippen molar-refractivity contribution in [2.45, 2.75) is 31.7 Å². The van der Waals surface area contributed by atoms with E-state index >= 15 is 0 Å². The first-order valence-corrected chi connectivity index (χ1v) is 9.72. The minimum atomic E-state index is -0.0298. The van der Waals surface area contributed by atoms with Gasteiger partial charge in [0.05, 0.1) is 28.7 Å². The fourth-order valence-electron chi connectivity index (χ4n) is 4.18. The normalized spacial score (nSPS) is 21.5. The maximum absolute atomic E-state index is 12.8. The maximum Gasteiger partial charge on any atom is 0.274 e. The summed E-state index contributed by atoms with van der Waals surface area (Å²) in [5.41, 5.74) is 2.41. The van der Waals surface area contributed by atoms with Crippen molar-refractivity contribution in [2.24, 2.45) is 0 Å². The van der Waals surface area contributed by atoms with Crippen molar-refractivity contribution in [3.8, 4) is 10.6 Å². The van der Waals surface area contributed by atoms with Crippen LogP contribution in [0.25, 0.3) is 10.6 Å². The van der Waals surface area contributed by atoms with Gasteiger partial charge in [-0.1, -0.05) is 6.07 Å². The van der Waals surface area contributed by atoms with Gasteiger partial charge in [-0.3, -0.25) is 9.78 Å². The second-order valence-corrected chi connectivity index (χ2v) is 8.09. The summed E-state index contributed by atoms with van der Waals surface area (Å²) in [6.45, 7) is 4.29. The molecular formula is C19H19N5OS. The average Bonchev–Trinajstić information content (AvgIpc) is 3.42. The summed E-state index contributed by atoms with van der Waals surface area (Å²) in [6.07, 6.45) is 7.20. The molecule has 3 aromatic rings. The number of nitrogens with zero attached hydrogens (tertiary/aromatic N) is 5. The highest BCUT2D eigenvalue weighted by Gasteiger charge is 2.48. The van der Waals surface area contributed by atoms with Crippen LogP contribution in [0, 0.1) is 6.92 Å². The Kier molecular flexibility index (Phi) is 3.46. The zero-order valence-corrected chi connectivity index (χ0v) is 15.4. The molecule has 1 spiro atoms. The smallest absolute Gasteiger partial charge is 0.274 e. The topological polar surface area (TPSA) is 63.9 Å². The van der Waals surface area contributed by atoms with E-state index in [1.165, 1.54) is 10.6 Å². The van der Waals surface area contributed by atoms with Crippen LogP contribution in [0.15, 0.2) is 36.1 Å². The van der Waals surface area contributed by atoms with Gasteiger partial charge in [0.15, 0.2) is 0 Å². The van der Waals surface area contributed by atoms with Crippen molar-refractivity contribution in [2.75, 3.05) is 13.1 Å². The molecule has 1 fully saturated rings. The van der Waals surface area contributed by atoms with Crippen LogP contribution >= 0.6 is 11.3 Å². The van der Waals surface area contributed by atoms with E-state index < -0.39 is 0 Å². The first-order chi connectivity index (χ1) is 12.7. The van der Waals surface area contributed by atoms with Gasteiger partial charge in [-0.05, 0) is 31.2 Å². The average molecular weight is 365 g/mol. The van der Waals surface area contributed by atoms with E-state index in [0.29, 0.717) is 12.2 Å². The van der Waals surface area contributed by atoms with Crippen molar-refractivity contribution in [3.63, 3.8) is 0 Å². The minimum absolute atomic E-state index is 0.0245. The molecule has 1 unspecified atom stereocenters. The second-order valence-electron chi connectivity index (χ2n) is 7.15. The molecule has 1 amide bonds. The number of aryl methyl sites for hydroxylation is 1. The Morgan fingerprint density at radius 2 is 2.04 bits per heavy atom. The molecule has 0 aliphatic carbocycles. The molecule has 5 heterocycles. The minimum Gasteiger partial charge on any atom is -0.336 e. The van der Waals surface area contributed by atoms with E-state index in [9.17, 15) is 4.79 Å². The van der Waals surface area contributed by atoms with E-state index in [2.05, 4.69) is 32.0 Å². The molecule has 0 radical (unpaired) electrons. The van der Waals surface area contributed by atoms with Crippen molar-refractivity contribution >= 4 is 17.2 Å². The van der Waals surface area contributed by atoms with Gasteiger partial charge in [0, 0.05) is 31.2 Å². The van der Waals surface area contributed by atoms with E-state index in [1.54, 1.807) is 23.7 Å². The fraction of sp³-hybridized carbons (Fsp3) is 0.368. The van der Waals surface area contributed by atoms with Crippen molar-refractivity contribution in [3.05, 3.63) is 53.3 Å². The number of carbonyl (C=O) groups excluding carboxylic acids is 1. The Balaban J connectivity index is 1.42. The van der Waals surface area contributed by atoms with Gasteiger partial charge in [-0.25, -0.2) is 9.97 Å². The molecular weight excluding hydrogens is 346 g/mol. The zero-order chi connectivity index (χ0) is 17.7. The highest BCUT2D eigenvalue weighted by Crippen LogP contribution is 2.44. The molecule has 6 nitrogen and oxygen atoms in total. The lowest BCUT2D eigenvalue weighted by molar-refractivity contribution is 0.0776. The predicted octanol–water partition coefficient (Wildman–Crippen LogP) is 2.90. The number of hydrogen-bond donors (Lipinski definition) is 0. The number of aromatic nitrogens is 4. The van der Waals surface area contributed by atoms with Gasteiger partial charge in [0.25, 0.3) is 5.91 Å². The number of thiophene rings is 1. The van der Waals surface area contributed by atoms with Crippen LogP contribution in [0.2, 0.25) is 0 Å². The van der Waals surface area contributed by atoms with Gasteiger partial charge < -0.3 is 9.47 Å². The first kappa shape index (κ1) is 15.7. The number of rotatable bonds is 2. The third-order valence-electron chi connectivity index (χ3n) is 5.56. The molecule has 7 heteroatoms. The largest absolute Gasteiger partial charge is 0.336 e. The summed E-state index contributed by atoms with van der Waals surface area (Å²) in [5, 5.41) is 2.10. The maximum atomic E-state index is 12.8. The Hall–Kier alpha value is -2.54. The Labute approximate surface area is 155 Å². The van der Waals surface area contributed by atoms with Crippen molar-refractivity contribution in [1.82, 2.24) is 24.4 Å². The number of hydrogen-bond acceptors (Lipinski definition) is 5. The van der Waals surface area contributed by atoms with Crippen LogP contribution in [0.5, 0.6) is 0 Å². The Morgan fingerprint density at radius 1 is 1.15 bits per heavy atom. The van der Waals surface area contributed by atoms with Crippen molar-refractivity contribution in [1.29, 1.82) is 0 Å². The molecule has 2 aliphatic rings. The summed E-state index contributed by atoms with van der Waals surface area (Å²) in [4.78, 5) is 29.2. The number of amides is 1. The van der Waals surface area contributed by atoms with E-state index in [-0.39, 0.29) is 11.3 Å². The van der Waals surface area contributed by atoms with Gasteiger partial charge in [0.2, 0.25) is 0 Å². The fourth-order valence-corrected chi connectivity index (χ4v) is 4.93. The van der Waals surface area contributed by atoms with Crippen LogP contribution in [-0.4, -0.2) is 43.4 Å². The lowest BCUT2D eigenvalue weighted by Crippen LogP contribution is -2.34. The van der Waals surface area contributed by atoms with Crippen LogP contribution in [0.1, 0.15) is 34.8 Å². The molecule has 0 saturated carbocycles. The van der Waals surface area contributed by atoms with Crippen LogP contribution in [-0.2, 0) is 12.0 Å². The van der Waals surface area contributed by atoms with E-state index in [0.717, 1.165) is 37.4 Å². The zero-order valence-electron chi connectivity index (χ0n) is 14.6. The van der Waals surface area contributed by atoms with Gasteiger partial charge in [-0.2, -0.15) is 0 Å². The third-order valence-corrected chi connectivity index (χ3v) is 6.45. The summed E-state index contributed by atoms with van der Waals surface area (Å²) in [6, 6.07) is 4.21. The lowest BCUT2D eigenvalue weighted by atomic mass is 9.85. The van der Waals surface area contributed by atoms with Crippen molar-refractivity contribution < 1.29 is 4.79 Å². The van der Waals surface area contributed by atoms with Gasteiger partial charge in [-0.15, -0.1) is 11.3 Å². The molecule has 2 aliphatic heterocycles. The quantitative estimate of drug-likeness (QED) is 0.700. The molecule has 3 aromatic heterocycles. The van der Waals surface area contributed by atoms with E-state index in [4.69, 9.17) is 4.98 Å². The Bertz CT molecular complexity index is 962. The standard InChI is InChI=1S/C19H19N5OS/c1-13-9-21-14(10-20-13)17(25)23-6-4-19(12-23)5-7-24-15(11-22-18(19)24)16-3-2-8-26-16/h2-3,8-11H,4-7,12H2,1H3.